The number of fused-ring (bicyclic) bond motifs is 2. The minimum absolute atomic E-state index is 0.465. The van der Waals surface area contributed by atoms with Crippen LogP contribution in [0.2, 0.25) is 0 Å². The van der Waals surface area contributed by atoms with Gasteiger partial charge in [-0.15, -0.1) is 0 Å². The number of hydrogen-bond donors (Lipinski definition) is 0. The van der Waals surface area contributed by atoms with Crippen LogP contribution in [-0.4, -0.2) is 0 Å². The van der Waals surface area contributed by atoms with E-state index in [9.17, 15) is 0 Å². The number of hydrogen-bond acceptors (Lipinski definition) is 4. The summed E-state index contributed by atoms with van der Waals surface area (Å²) in [5.41, 5.74) is 0. The number of halogens is 1. The zero-order valence-corrected chi connectivity index (χ0v) is 14.1. The van der Waals surface area contributed by atoms with Crippen LogP contribution >= 0.6 is 17.6 Å². The zero-order valence-electron chi connectivity index (χ0n) is 12.4. The SMILES string of the molecule is Cl[P-]12([n+]3ccccc3)(Oc3ccccc3O1)Oc1ccccc1O2. The van der Waals surface area contributed by atoms with Crippen molar-refractivity contribution < 1.29 is 22.4 Å². The van der Waals surface area contributed by atoms with Crippen LogP contribution in [-0.2, 0) is 0 Å². The van der Waals surface area contributed by atoms with E-state index in [4.69, 9.17) is 29.3 Å². The quantitative estimate of drug-likeness (QED) is 0.595. The van der Waals surface area contributed by atoms with Gasteiger partial charge in [0.25, 0.3) is 0 Å². The summed E-state index contributed by atoms with van der Waals surface area (Å²) in [5, 5.41) is 0. The molecule has 1 spiro atoms. The van der Waals surface area contributed by atoms with Crippen LogP contribution in [0, 0.1) is 0 Å². The molecule has 3 aromatic rings. The third-order valence-electron chi connectivity index (χ3n) is 4.00. The second-order valence-electron chi connectivity index (χ2n) is 5.64. The van der Waals surface area contributed by atoms with Crippen LogP contribution in [0.1, 0.15) is 0 Å². The fraction of sp³-hybridized carbons (Fsp3) is 0. The molecule has 2 aliphatic rings. The van der Waals surface area contributed by atoms with E-state index in [2.05, 4.69) is 0 Å². The maximum absolute atomic E-state index is 7.19. The Hall–Kier alpha value is -2.49. The van der Waals surface area contributed by atoms with Gasteiger partial charge in [0.2, 0.25) is 0 Å². The van der Waals surface area contributed by atoms with E-state index in [1.54, 1.807) is 53.1 Å². The van der Waals surface area contributed by atoms with Gasteiger partial charge < -0.3 is 0 Å². The van der Waals surface area contributed by atoms with Crippen LogP contribution < -0.4 is 22.4 Å². The van der Waals surface area contributed by atoms with Crippen LogP contribution in [0.5, 0.6) is 23.0 Å². The molecule has 2 aliphatic heterocycles. The third-order valence-corrected chi connectivity index (χ3v) is 8.84. The van der Waals surface area contributed by atoms with E-state index >= 15 is 0 Å². The van der Waals surface area contributed by atoms with E-state index in [-0.39, 0.29) is 0 Å². The molecule has 0 atom stereocenters. The molecule has 1 aromatic heterocycles. The summed E-state index contributed by atoms with van der Waals surface area (Å²) in [6, 6.07) is 19.9. The molecule has 0 bridgehead atoms. The van der Waals surface area contributed by atoms with Crippen molar-refractivity contribution in [3.05, 3.63) is 79.1 Å². The van der Waals surface area contributed by atoms with Crippen molar-refractivity contribution in [3.63, 3.8) is 0 Å². The van der Waals surface area contributed by atoms with Gasteiger partial charge in [0, 0.05) is 0 Å². The van der Waals surface area contributed by atoms with Crippen molar-refractivity contribution in [2.75, 3.05) is 0 Å². The maximum atomic E-state index is 7.19. The van der Waals surface area contributed by atoms with E-state index in [0.717, 1.165) is 0 Å². The molecule has 2 aromatic carbocycles. The van der Waals surface area contributed by atoms with E-state index in [1.807, 2.05) is 30.3 Å². The van der Waals surface area contributed by atoms with Crippen molar-refractivity contribution >= 4 is 17.6 Å². The predicted molar refractivity (Wildman–Crippen MR) is 90.2 cm³/mol. The second kappa shape index (κ2) is 3.94. The molecule has 0 N–H and O–H groups in total. The molecule has 5 nitrogen and oxygen atoms in total. The number of pyridine rings is 1. The number of benzene rings is 2. The number of para-hydroxylation sites is 4. The van der Waals surface area contributed by atoms with Crippen LogP contribution in [0.25, 0.3) is 0 Å². The molecule has 0 unspecified atom stereocenters. The number of nitrogens with zero attached hydrogens (tertiary/aromatic N) is 1. The van der Waals surface area contributed by atoms with E-state index < -0.39 is 6.36 Å². The molecular weight excluding hydrogens is 349 g/mol. The fourth-order valence-corrected chi connectivity index (χ4v) is 7.67. The Kier molecular flexibility index (Phi) is 2.28. The molecular formula is C17H13ClNO4P. The first-order valence-corrected chi connectivity index (χ1v) is 10.6. The van der Waals surface area contributed by atoms with Gasteiger partial charge in [-0.25, -0.2) is 0 Å². The third kappa shape index (κ3) is 1.56. The summed E-state index contributed by atoms with van der Waals surface area (Å²) >= 11 is 7.19. The minimum atomic E-state index is -5.35. The number of aromatic nitrogens is 1. The molecule has 5 rings (SSSR count). The second-order valence-corrected chi connectivity index (χ2v) is 11.2. The molecule has 7 heteroatoms. The van der Waals surface area contributed by atoms with Gasteiger partial charge in [-0.05, 0) is 0 Å². The average molecular weight is 362 g/mol. The Morgan fingerprint density at radius 2 is 0.958 bits per heavy atom. The molecule has 0 saturated heterocycles. The van der Waals surface area contributed by atoms with E-state index in [0.29, 0.717) is 23.0 Å². The Labute approximate surface area is 142 Å². The Balaban J connectivity index is 1.83. The van der Waals surface area contributed by atoms with Gasteiger partial charge in [-0.3, -0.25) is 0 Å². The summed E-state index contributed by atoms with van der Waals surface area (Å²) < 4.78 is 26.3. The topological polar surface area (TPSA) is 40.8 Å². The molecule has 3 heterocycles. The van der Waals surface area contributed by atoms with Crippen molar-refractivity contribution in [3.8, 4) is 23.0 Å². The van der Waals surface area contributed by atoms with Gasteiger partial charge in [0.05, 0.1) is 0 Å². The predicted octanol–water partition coefficient (Wildman–Crippen LogP) is 4.58. The number of rotatable bonds is 1. The summed E-state index contributed by atoms with van der Waals surface area (Å²) in [6.45, 7) is 0. The van der Waals surface area contributed by atoms with Gasteiger partial charge in [-0.2, -0.15) is 0 Å². The molecule has 0 radical (unpaired) electrons. The Morgan fingerprint density at radius 1 is 0.583 bits per heavy atom. The summed E-state index contributed by atoms with van der Waals surface area (Å²) in [4.78, 5) is 0. The molecule has 0 saturated carbocycles. The first-order valence-electron chi connectivity index (χ1n) is 7.42. The first-order chi connectivity index (χ1) is 11.5. The van der Waals surface area contributed by atoms with Crippen LogP contribution in [0.3, 0.4) is 0 Å². The molecule has 24 heavy (non-hydrogen) atoms. The van der Waals surface area contributed by atoms with E-state index in [1.165, 1.54) is 0 Å². The van der Waals surface area contributed by atoms with Crippen molar-refractivity contribution in [1.29, 1.82) is 0 Å². The van der Waals surface area contributed by atoms with Crippen molar-refractivity contribution in [1.82, 2.24) is 0 Å². The van der Waals surface area contributed by atoms with Crippen LogP contribution in [0.15, 0.2) is 79.1 Å². The molecule has 0 aliphatic carbocycles. The van der Waals surface area contributed by atoms with Crippen LogP contribution in [0.4, 0.5) is 0 Å². The summed E-state index contributed by atoms with van der Waals surface area (Å²) in [5.74, 6) is 1.86. The zero-order chi connectivity index (χ0) is 16.3. The standard InChI is InChI=1S/C17H13ClNO4P/c18-24(19-12-6-1-7-13-19,20-14-8-2-3-9-15(14)21-24)22-16-10-4-5-11-17(16)23-24/h1-13H. The Morgan fingerprint density at radius 3 is 1.33 bits per heavy atom. The monoisotopic (exact) mass is 361 g/mol. The average Bonchev–Trinajstić information content (AvgIpc) is 3.05. The van der Waals surface area contributed by atoms with Gasteiger partial charge >= 0.3 is 142 Å². The van der Waals surface area contributed by atoms with Gasteiger partial charge in [0.15, 0.2) is 0 Å². The first kappa shape index (κ1) is 13.9. The summed E-state index contributed by atoms with van der Waals surface area (Å²) in [6.07, 6.45) is -1.94. The molecule has 0 amide bonds. The Bertz CT molecular complexity index is 878. The fourth-order valence-electron chi connectivity index (χ4n) is 2.97. The van der Waals surface area contributed by atoms with Gasteiger partial charge in [-0.1, -0.05) is 0 Å². The summed E-state index contributed by atoms with van der Waals surface area (Å²) in [7, 11) is 0. The molecule has 0 fully saturated rings. The van der Waals surface area contributed by atoms with Crippen molar-refractivity contribution in [2.24, 2.45) is 0 Å². The van der Waals surface area contributed by atoms with Gasteiger partial charge in [0.1, 0.15) is 0 Å². The molecule has 122 valence electrons. The normalized spacial score (nSPS) is 22.9. The van der Waals surface area contributed by atoms with Crippen molar-refractivity contribution in [2.45, 2.75) is 0 Å².